The zero-order valence-corrected chi connectivity index (χ0v) is 22.6. The Morgan fingerprint density at radius 3 is 2.56 bits per heavy atom. The van der Waals surface area contributed by atoms with Crippen LogP contribution < -0.4 is 0 Å². The van der Waals surface area contributed by atoms with Crippen LogP contribution in [0.5, 0.6) is 0 Å². The number of aliphatic carboxylic acids is 1. The number of allylic oxidation sites excluding steroid dienone is 1. The number of carboxylic acids is 1. The summed E-state index contributed by atoms with van der Waals surface area (Å²) in [6, 6.07) is 0. The number of aliphatic hydroxyl groups excluding tert-OH is 1. The Labute approximate surface area is 215 Å². The third-order valence-electron chi connectivity index (χ3n) is 11.2. The number of aliphatic hydroxyl groups is 1. The normalized spacial score (nSPS) is 41.6. The molecule has 0 saturated heterocycles. The van der Waals surface area contributed by atoms with Crippen LogP contribution >= 0.6 is 0 Å². The summed E-state index contributed by atoms with van der Waals surface area (Å²) in [5.41, 5.74) is 2.12. The second kappa shape index (κ2) is 9.74. The lowest BCUT2D eigenvalue weighted by atomic mass is 9.48. The van der Waals surface area contributed by atoms with E-state index in [0.717, 1.165) is 56.1 Å². The first-order valence-electron chi connectivity index (χ1n) is 13.8. The predicted octanol–water partition coefficient (Wildman–Crippen LogP) is 5.34. The Morgan fingerprint density at radius 2 is 1.92 bits per heavy atom. The molecule has 4 aliphatic rings. The van der Waals surface area contributed by atoms with E-state index in [1.54, 1.807) is 6.92 Å². The zero-order valence-electron chi connectivity index (χ0n) is 22.6. The molecule has 200 valence electrons. The van der Waals surface area contributed by atoms with Gasteiger partial charge in [0.15, 0.2) is 5.78 Å². The Bertz CT molecular complexity index is 966. The highest BCUT2D eigenvalue weighted by molar-refractivity contribution is 6.02. The van der Waals surface area contributed by atoms with Crippen molar-refractivity contribution in [1.82, 2.24) is 0 Å². The fraction of sp³-hybridized carbons (Fsp3) is 0.767. The molecular formula is C30H44O6. The third kappa shape index (κ3) is 3.99. The first kappa shape index (κ1) is 27.1. The highest BCUT2D eigenvalue weighted by atomic mass is 16.5. The van der Waals surface area contributed by atoms with Crippen molar-refractivity contribution in [1.29, 1.82) is 0 Å². The van der Waals surface area contributed by atoms with E-state index in [4.69, 9.17) is 4.74 Å². The van der Waals surface area contributed by atoms with Crippen LogP contribution in [0, 0.1) is 46.3 Å². The van der Waals surface area contributed by atoms with Gasteiger partial charge in [-0.05, 0) is 93.3 Å². The molecule has 0 aliphatic heterocycles. The van der Waals surface area contributed by atoms with E-state index in [-0.39, 0.29) is 46.9 Å². The van der Waals surface area contributed by atoms with Gasteiger partial charge in [-0.15, -0.1) is 0 Å². The molecular weight excluding hydrogens is 456 g/mol. The first-order chi connectivity index (χ1) is 16.9. The smallest absolute Gasteiger partial charge is 0.310 e. The summed E-state index contributed by atoms with van der Waals surface area (Å²) in [4.78, 5) is 36.4. The van der Waals surface area contributed by atoms with E-state index < -0.39 is 23.4 Å². The molecule has 6 nitrogen and oxygen atoms in total. The van der Waals surface area contributed by atoms with Crippen molar-refractivity contribution in [2.75, 3.05) is 0 Å². The van der Waals surface area contributed by atoms with E-state index in [9.17, 15) is 24.6 Å². The standard InChI is InChI=1S/C30H44O6/c1-16(18(3)28(34)35)7-8-17(2)21-11-12-23-20-9-10-22-19(4)24(36-15-31)13-14-29(22,5)25(20)26(32)27(33)30(21,23)6/h15,17-19,21-24,27,33H,1,7-14H2,2-6H3,(H,34,35)/t17-,18?,19+,21-,22+,23+,24-,27+,29+,30-/m1/s1. The van der Waals surface area contributed by atoms with Gasteiger partial charge in [-0.25, -0.2) is 0 Å². The summed E-state index contributed by atoms with van der Waals surface area (Å²) >= 11 is 0. The van der Waals surface area contributed by atoms with Gasteiger partial charge in [-0.3, -0.25) is 14.4 Å². The Morgan fingerprint density at radius 1 is 1.22 bits per heavy atom. The van der Waals surface area contributed by atoms with Crippen LogP contribution in [0.25, 0.3) is 0 Å². The van der Waals surface area contributed by atoms with Crippen LogP contribution in [0.3, 0.4) is 0 Å². The molecule has 0 aromatic heterocycles. The molecule has 4 aliphatic carbocycles. The van der Waals surface area contributed by atoms with Crippen LogP contribution in [0.2, 0.25) is 0 Å². The number of Topliss-reactive ketones (excluding diaryl/α,β-unsaturated/α-hetero) is 1. The van der Waals surface area contributed by atoms with Crippen LogP contribution in [-0.2, 0) is 19.1 Å². The number of carboxylic acid groups (broad SMARTS) is 1. The lowest BCUT2D eigenvalue weighted by Gasteiger charge is -2.57. The maximum atomic E-state index is 14.0. The minimum absolute atomic E-state index is 0.0825. The van der Waals surface area contributed by atoms with E-state index in [1.165, 1.54) is 5.57 Å². The molecule has 0 aromatic carbocycles. The molecule has 1 unspecified atom stereocenters. The van der Waals surface area contributed by atoms with Crippen LogP contribution in [0.15, 0.2) is 23.3 Å². The molecule has 0 spiro atoms. The summed E-state index contributed by atoms with van der Waals surface area (Å²) < 4.78 is 5.40. The zero-order chi connectivity index (χ0) is 26.6. The molecule has 10 atom stereocenters. The summed E-state index contributed by atoms with van der Waals surface area (Å²) in [5.74, 6) is -0.406. The molecule has 0 aromatic rings. The van der Waals surface area contributed by atoms with Crippen molar-refractivity contribution in [2.24, 2.45) is 46.3 Å². The van der Waals surface area contributed by atoms with Crippen molar-refractivity contribution in [3.8, 4) is 0 Å². The SMILES string of the molecule is C=C(CC[C@@H](C)[C@H]1CC[C@H]2C3=C(C(=O)[C@H](O)[C@]12C)[C@@]1(C)CC[C@@H](OC=O)[C@@H](C)[C@@H]1CC3)C(C)C(=O)O. The number of fused-ring (bicyclic) bond motifs is 4. The molecule has 2 N–H and O–H groups in total. The Kier molecular flexibility index (Phi) is 7.33. The number of hydrogen-bond donors (Lipinski definition) is 2. The molecule has 36 heavy (non-hydrogen) atoms. The number of carbonyl (C=O) groups excluding carboxylic acids is 2. The lowest BCUT2D eigenvalue weighted by molar-refractivity contribution is -0.148. The maximum absolute atomic E-state index is 14.0. The molecule has 0 amide bonds. The van der Waals surface area contributed by atoms with Crippen LogP contribution in [-0.4, -0.2) is 40.6 Å². The van der Waals surface area contributed by atoms with E-state index >= 15 is 0 Å². The molecule has 0 bridgehead atoms. The lowest BCUT2D eigenvalue weighted by Crippen LogP contribution is -2.57. The molecule has 4 rings (SSSR count). The summed E-state index contributed by atoms with van der Waals surface area (Å²) in [6.45, 7) is 14.9. The average Bonchev–Trinajstić information content (AvgIpc) is 3.20. The van der Waals surface area contributed by atoms with Gasteiger partial charge in [0.25, 0.3) is 6.47 Å². The van der Waals surface area contributed by atoms with Crippen LogP contribution in [0.4, 0.5) is 0 Å². The third-order valence-corrected chi connectivity index (χ3v) is 11.2. The number of rotatable bonds is 8. The number of ketones is 1. The van der Waals surface area contributed by atoms with Crippen molar-refractivity contribution in [3.63, 3.8) is 0 Å². The minimum Gasteiger partial charge on any atom is -0.481 e. The van der Waals surface area contributed by atoms with Crippen molar-refractivity contribution in [2.45, 2.75) is 98.2 Å². The largest absolute Gasteiger partial charge is 0.481 e. The molecule has 0 radical (unpaired) electrons. The van der Waals surface area contributed by atoms with Crippen molar-refractivity contribution < 1.29 is 29.3 Å². The highest BCUT2D eigenvalue weighted by Gasteiger charge is 2.63. The first-order valence-corrected chi connectivity index (χ1v) is 13.8. The summed E-state index contributed by atoms with van der Waals surface area (Å²) in [6.07, 6.45) is 5.68. The van der Waals surface area contributed by atoms with Crippen molar-refractivity contribution >= 4 is 18.2 Å². The van der Waals surface area contributed by atoms with E-state index in [2.05, 4.69) is 34.3 Å². The van der Waals surface area contributed by atoms with Crippen LogP contribution in [0.1, 0.15) is 86.0 Å². The topological polar surface area (TPSA) is 101 Å². The maximum Gasteiger partial charge on any atom is 0.310 e. The van der Waals surface area contributed by atoms with Gasteiger partial charge in [-0.2, -0.15) is 0 Å². The Hall–Kier alpha value is -1.95. The van der Waals surface area contributed by atoms with Gasteiger partial charge >= 0.3 is 5.97 Å². The monoisotopic (exact) mass is 500 g/mol. The molecule has 2 fully saturated rings. The molecule has 2 saturated carbocycles. The minimum atomic E-state index is -1.02. The quantitative estimate of drug-likeness (QED) is 0.345. The second-order valence-corrected chi connectivity index (χ2v) is 12.7. The van der Waals surface area contributed by atoms with Gasteiger partial charge in [0.2, 0.25) is 0 Å². The number of ether oxygens (including phenoxy) is 1. The summed E-state index contributed by atoms with van der Waals surface area (Å²) in [5, 5.41) is 21.0. The Balaban J connectivity index is 1.60. The van der Waals surface area contributed by atoms with Crippen molar-refractivity contribution in [3.05, 3.63) is 23.3 Å². The summed E-state index contributed by atoms with van der Waals surface area (Å²) in [7, 11) is 0. The van der Waals surface area contributed by atoms with E-state index in [0.29, 0.717) is 12.9 Å². The van der Waals surface area contributed by atoms with Gasteiger partial charge in [-0.1, -0.05) is 45.4 Å². The molecule has 6 heteroatoms. The number of hydrogen-bond acceptors (Lipinski definition) is 5. The van der Waals surface area contributed by atoms with E-state index in [1.807, 2.05) is 0 Å². The predicted molar refractivity (Wildman–Crippen MR) is 137 cm³/mol. The van der Waals surface area contributed by atoms with Gasteiger partial charge in [0.05, 0.1) is 5.92 Å². The van der Waals surface area contributed by atoms with Gasteiger partial charge in [0.1, 0.15) is 12.2 Å². The fourth-order valence-corrected chi connectivity index (χ4v) is 8.97. The fourth-order valence-electron chi connectivity index (χ4n) is 8.97. The van der Waals surface area contributed by atoms with Gasteiger partial charge < -0.3 is 14.9 Å². The average molecular weight is 501 g/mol. The number of carbonyl (C=O) groups is 3. The molecule has 0 heterocycles. The van der Waals surface area contributed by atoms with Gasteiger partial charge in [0, 0.05) is 11.0 Å². The highest BCUT2D eigenvalue weighted by Crippen LogP contribution is 2.65. The second-order valence-electron chi connectivity index (χ2n) is 12.7.